The maximum atomic E-state index is 5.80. The molecule has 0 saturated heterocycles. The van der Waals surface area contributed by atoms with Gasteiger partial charge in [0.2, 0.25) is 0 Å². The fraction of sp³-hybridized carbons (Fsp3) is 0. The van der Waals surface area contributed by atoms with Crippen molar-refractivity contribution < 1.29 is 0 Å². The van der Waals surface area contributed by atoms with Crippen molar-refractivity contribution in [3.8, 4) is 11.1 Å². The zero-order valence-electron chi connectivity index (χ0n) is 9.05. The molecule has 0 saturated carbocycles. The summed E-state index contributed by atoms with van der Waals surface area (Å²) in [5.74, 6) is 0.607. The molecule has 0 unspecified atom stereocenters. The number of nitrogens with two attached hydrogens (primary N) is 1. The van der Waals surface area contributed by atoms with Crippen molar-refractivity contribution in [1.82, 2.24) is 10.2 Å². The van der Waals surface area contributed by atoms with Crippen LogP contribution in [0.5, 0.6) is 0 Å². The Morgan fingerprint density at radius 1 is 1.00 bits per heavy atom. The number of rotatable bonds is 1. The highest BCUT2D eigenvalue weighted by atomic mass is 35.5. The number of hydrogen-bond acceptors (Lipinski definition) is 2. The predicted octanol–water partition coefficient (Wildman–Crippen LogP) is 3.23. The number of aromatic amines is 1. The largest absolute Gasteiger partial charge is 0.384 e. The summed E-state index contributed by atoms with van der Waals surface area (Å²) in [6.07, 6.45) is 1.75. The maximum absolute atomic E-state index is 5.80. The van der Waals surface area contributed by atoms with Crippen molar-refractivity contribution in [2.45, 2.75) is 0 Å². The van der Waals surface area contributed by atoms with Gasteiger partial charge in [-0.2, -0.15) is 5.10 Å². The van der Waals surface area contributed by atoms with Gasteiger partial charge < -0.3 is 5.73 Å². The van der Waals surface area contributed by atoms with Crippen LogP contribution in [0.3, 0.4) is 0 Å². The lowest BCUT2D eigenvalue weighted by atomic mass is 10.0. The smallest absolute Gasteiger partial charge is 0.126 e. The SMILES string of the molecule is Cl.Nc1[nH]ncc1-c1ccc2ccccc2c1. The summed E-state index contributed by atoms with van der Waals surface area (Å²) in [7, 11) is 0. The van der Waals surface area contributed by atoms with Gasteiger partial charge in [-0.3, -0.25) is 5.10 Å². The number of fused-ring (bicyclic) bond motifs is 1. The molecule has 0 aliphatic heterocycles. The second-order valence-corrected chi connectivity index (χ2v) is 3.76. The third kappa shape index (κ3) is 1.97. The van der Waals surface area contributed by atoms with E-state index in [4.69, 9.17) is 5.73 Å². The minimum absolute atomic E-state index is 0. The highest BCUT2D eigenvalue weighted by molar-refractivity contribution is 5.88. The van der Waals surface area contributed by atoms with Crippen molar-refractivity contribution in [1.29, 1.82) is 0 Å². The Balaban J connectivity index is 0.00000108. The first-order valence-corrected chi connectivity index (χ1v) is 5.12. The highest BCUT2D eigenvalue weighted by Gasteiger charge is 2.04. The average molecular weight is 246 g/mol. The Hall–Kier alpha value is -2.00. The Bertz CT molecular complexity index is 646. The van der Waals surface area contributed by atoms with Gasteiger partial charge in [0.25, 0.3) is 0 Å². The van der Waals surface area contributed by atoms with E-state index >= 15 is 0 Å². The van der Waals surface area contributed by atoms with E-state index in [2.05, 4.69) is 40.5 Å². The van der Waals surface area contributed by atoms with Crippen molar-refractivity contribution in [3.05, 3.63) is 48.7 Å². The molecule has 1 aromatic heterocycles. The standard InChI is InChI=1S/C13H11N3.ClH/c14-13-12(8-15-16-13)11-6-5-9-3-1-2-4-10(9)7-11;/h1-8H,(H3,14,15,16);1H. The Kier molecular flexibility index (Phi) is 3.02. The summed E-state index contributed by atoms with van der Waals surface area (Å²) in [6, 6.07) is 14.5. The molecule has 0 spiro atoms. The fourth-order valence-electron chi connectivity index (χ4n) is 1.88. The molecule has 2 aromatic carbocycles. The number of nitrogens with zero attached hydrogens (tertiary/aromatic N) is 1. The molecular formula is C13H12ClN3. The summed E-state index contributed by atoms with van der Waals surface area (Å²) < 4.78 is 0. The van der Waals surface area contributed by atoms with Crippen LogP contribution in [0.25, 0.3) is 21.9 Å². The molecule has 4 heteroatoms. The van der Waals surface area contributed by atoms with Crippen LogP contribution < -0.4 is 5.73 Å². The molecule has 3 nitrogen and oxygen atoms in total. The van der Waals surface area contributed by atoms with Crippen LogP contribution >= 0.6 is 12.4 Å². The van der Waals surface area contributed by atoms with Crippen molar-refractivity contribution in [3.63, 3.8) is 0 Å². The van der Waals surface area contributed by atoms with E-state index in [0.717, 1.165) is 11.1 Å². The number of anilines is 1. The summed E-state index contributed by atoms with van der Waals surface area (Å²) >= 11 is 0. The van der Waals surface area contributed by atoms with Crippen LogP contribution in [0, 0.1) is 0 Å². The molecule has 0 bridgehead atoms. The third-order valence-corrected chi connectivity index (χ3v) is 2.73. The molecule has 3 aromatic rings. The molecular weight excluding hydrogens is 234 g/mol. The van der Waals surface area contributed by atoms with E-state index < -0.39 is 0 Å². The van der Waals surface area contributed by atoms with Gasteiger partial charge in [-0.25, -0.2) is 0 Å². The van der Waals surface area contributed by atoms with Gasteiger partial charge in [-0.05, 0) is 22.4 Å². The van der Waals surface area contributed by atoms with E-state index in [1.165, 1.54) is 10.8 Å². The quantitative estimate of drug-likeness (QED) is 0.692. The zero-order valence-corrected chi connectivity index (χ0v) is 9.87. The first-order valence-electron chi connectivity index (χ1n) is 5.12. The molecule has 1 heterocycles. The molecule has 0 aliphatic carbocycles. The Morgan fingerprint density at radius 3 is 2.47 bits per heavy atom. The molecule has 0 aliphatic rings. The highest BCUT2D eigenvalue weighted by Crippen LogP contribution is 2.26. The van der Waals surface area contributed by atoms with Crippen molar-refractivity contribution >= 4 is 29.0 Å². The number of halogens is 1. The van der Waals surface area contributed by atoms with Crippen LogP contribution in [-0.2, 0) is 0 Å². The fourth-order valence-corrected chi connectivity index (χ4v) is 1.88. The van der Waals surface area contributed by atoms with E-state index in [9.17, 15) is 0 Å². The van der Waals surface area contributed by atoms with Gasteiger partial charge in [0, 0.05) is 5.56 Å². The predicted molar refractivity (Wildman–Crippen MR) is 73.2 cm³/mol. The van der Waals surface area contributed by atoms with Gasteiger partial charge in [-0.1, -0.05) is 36.4 Å². The molecule has 3 rings (SSSR count). The lowest BCUT2D eigenvalue weighted by Crippen LogP contribution is -1.87. The number of H-pyrrole nitrogens is 1. The number of aromatic nitrogens is 2. The Labute approximate surface area is 105 Å². The monoisotopic (exact) mass is 245 g/mol. The first kappa shape index (κ1) is 11.5. The molecule has 0 radical (unpaired) electrons. The van der Waals surface area contributed by atoms with E-state index in [-0.39, 0.29) is 12.4 Å². The molecule has 86 valence electrons. The van der Waals surface area contributed by atoms with Gasteiger partial charge in [0.15, 0.2) is 0 Å². The average Bonchev–Trinajstić information content (AvgIpc) is 2.75. The molecule has 17 heavy (non-hydrogen) atoms. The number of benzene rings is 2. The summed E-state index contributed by atoms with van der Waals surface area (Å²) in [4.78, 5) is 0. The van der Waals surface area contributed by atoms with Crippen LogP contribution in [-0.4, -0.2) is 10.2 Å². The second kappa shape index (κ2) is 4.47. The number of nitrogens with one attached hydrogen (secondary N) is 1. The number of hydrogen-bond donors (Lipinski definition) is 2. The summed E-state index contributed by atoms with van der Waals surface area (Å²) in [5, 5.41) is 9.11. The van der Waals surface area contributed by atoms with Crippen LogP contribution in [0.15, 0.2) is 48.7 Å². The lowest BCUT2D eigenvalue weighted by Gasteiger charge is -2.02. The summed E-state index contributed by atoms with van der Waals surface area (Å²) in [5.41, 5.74) is 7.84. The molecule has 0 amide bonds. The van der Waals surface area contributed by atoms with Crippen LogP contribution in [0.1, 0.15) is 0 Å². The number of nitrogen functional groups attached to an aromatic ring is 1. The van der Waals surface area contributed by atoms with Crippen molar-refractivity contribution in [2.24, 2.45) is 0 Å². The van der Waals surface area contributed by atoms with Gasteiger partial charge in [0.05, 0.1) is 6.20 Å². The minimum Gasteiger partial charge on any atom is -0.384 e. The summed E-state index contributed by atoms with van der Waals surface area (Å²) in [6.45, 7) is 0. The zero-order chi connectivity index (χ0) is 11.0. The van der Waals surface area contributed by atoms with Gasteiger partial charge in [0.1, 0.15) is 5.82 Å². The van der Waals surface area contributed by atoms with E-state index in [0.29, 0.717) is 5.82 Å². The van der Waals surface area contributed by atoms with Gasteiger partial charge >= 0.3 is 0 Å². The Morgan fingerprint density at radius 2 is 1.76 bits per heavy atom. The maximum Gasteiger partial charge on any atom is 0.126 e. The van der Waals surface area contributed by atoms with E-state index in [1.807, 2.05) is 12.1 Å². The minimum atomic E-state index is 0. The lowest BCUT2D eigenvalue weighted by molar-refractivity contribution is 1.10. The third-order valence-electron chi connectivity index (χ3n) is 2.73. The second-order valence-electron chi connectivity index (χ2n) is 3.76. The topological polar surface area (TPSA) is 54.7 Å². The van der Waals surface area contributed by atoms with Gasteiger partial charge in [-0.15, -0.1) is 12.4 Å². The molecule has 0 fully saturated rings. The van der Waals surface area contributed by atoms with E-state index in [1.54, 1.807) is 6.20 Å². The molecule has 0 atom stereocenters. The normalized spacial score (nSPS) is 10.1. The first-order chi connectivity index (χ1) is 7.84. The van der Waals surface area contributed by atoms with Crippen LogP contribution in [0.2, 0.25) is 0 Å². The van der Waals surface area contributed by atoms with Crippen LogP contribution in [0.4, 0.5) is 5.82 Å². The van der Waals surface area contributed by atoms with Crippen molar-refractivity contribution in [2.75, 3.05) is 5.73 Å². The molecule has 3 N–H and O–H groups in total.